The van der Waals surface area contributed by atoms with Crippen molar-refractivity contribution in [2.45, 2.75) is 26.9 Å². The number of hydrazine groups is 1. The van der Waals surface area contributed by atoms with Crippen LogP contribution in [0.5, 0.6) is 5.75 Å². The number of aryl methyl sites for hydroxylation is 2. The summed E-state index contributed by atoms with van der Waals surface area (Å²) in [5.41, 5.74) is 10.3. The van der Waals surface area contributed by atoms with Gasteiger partial charge in [-0.1, -0.05) is 35.3 Å². The number of carbonyl (C=O) groups is 2. The van der Waals surface area contributed by atoms with Gasteiger partial charge in [-0.25, -0.2) is 0 Å². The molecule has 6 nitrogen and oxygen atoms in total. The van der Waals surface area contributed by atoms with Crippen LogP contribution in [0.1, 0.15) is 23.1 Å². The highest BCUT2D eigenvalue weighted by Crippen LogP contribution is 2.27. The minimum atomic E-state index is -0.421. The van der Waals surface area contributed by atoms with Gasteiger partial charge in [0.1, 0.15) is 12.4 Å². The van der Waals surface area contributed by atoms with E-state index in [9.17, 15) is 9.59 Å². The van der Waals surface area contributed by atoms with Crippen molar-refractivity contribution in [3.63, 3.8) is 0 Å². The Hall–Kier alpha value is -3.22. The second kappa shape index (κ2) is 10.4. The quantitative estimate of drug-likeness (QED) is 0.411. The lowest BCUT2D eigenvalue weighted by molar-refractivity contribution is -0.125. The molecule has 0 bridgehead atoms. The maximum Gasteiger partial charge on any atom is 0.243 e. The summed E-state index contributed by atoms with van der Waals surface area (Å²) < 4.78 is 5.77. The molecule has 3 aromatic rings. The molecular formula is C26H25Cl2N3O3. The van der Waals surface area contributed by atoms with Crippen LogP contribution >= 0.6 is 23.2 Å². The number of benzene rings is 3. The Bertz CT molecular complexity index is 1210. The van der Waals surface area contributed by atoms with Crippen molar-refractivity contribution in [1.82, 2.24) is 5.43 Å². The molecule has 2 N–H and O–H groups in total. The molecule has 4 rings (SSSR count). The first-order chi connectivity index (χ1) is 16.3. The third-order valence-corrected chi connectivity index (χ3v) is 6.61. The largest absolute Gasteiger partial charge is 0.489 e. The first-order valence-corrected chi connectivity index (χ1v) is 11.7. The number of ether oxygens (including phenoxy) is 1. The predicted molar refractivity (Wildman–Crippen MR) is 135 cm³/mol. The first kappa shape index (κ1) is 23.9. The van der Waals surface area contributed by atoms with Crippen molar-refractivity contribution >= 4 is 46.4 Å². The SMILES string of the molecule is Cc1ccc(N2C[C@H](C(=O)NNc3ccc(OCc4ccc(Cl)c(Cl)c4)cc3)CC2=O)cc1C. The molecule has 0 radical (unpaired) electrons. The van der Waals surface area contributed by atoms with Crippen molar-refractivity contribution in [3.8, 4) is 5.75 Å². The number of hydrogen-bond acceptors (Lipinski definition) is 4. The molecule has 0 spiro atoms. The lowest BCUT2D eigenvalue weighted by Crippen LogP contribution is -2.36. The molecule has 1 aliphatic rings. The third-order valence-electron chi connectivity index (χ3n) is 5.87. The number of nitrogens with zero attached hydrogens (tertiary/aromatic N) is 1. The van der Waals surface area contributed by atoms with E-state index in [1.807, 2.05) is 38.1 Å². The summed E-state index contributed by atoms with van der Waals surface area (Å²) in [4.78, 5) is 26.8. The minimum absolute atomic E-state index is 0.0492. The molecule has 176 valence electrons. The number of carbonyl (C=O) groups excluding carboxylic acids is 2. The molecule has 1 aliphatic heterocycles. The van der Waals surface area contributed by atoms with E-state index in [-0.39, 0.29) is 18.2 Å². The summed E-state index contributed by atoms with van der Waals surface area (Å²) in [7, 11) is 0. The van der Waals surface area contributed by atoms with Crippen LogP contribution in [-0.2, 0) is 16.2 Å². The van der Waals surface area contributed by atoms with Gasteiger partial charge in [-0.15, -0.1) is 0 Å². The van der Waals surface area contributed by atoms with Gasteiger partial charge in [0.2, 0.25) is 11.8 Å². The van der Waals surface area contributed by atoms with Gasteiger partial charge >= 0.3 is 0 Å². The highest BCUT2D eigenvalue weighted by Gasteiger charge is 2.35. The van der Waals surface area contributed by atoms with Crippen molar-refractivity contribution in [2.24, 2.45) is 5.92 Å². The third kappa shape index (κ3) is 5.64. The number of anilines is 2. The zero-order valence-electron chi connectivity index (χ0n) is 18.9. The Morgan fingerprint density at radius 2 is 1.76 bits per heavy atom. The van der Waals surface area contributed by atoms with Gasteiger partial charge in [0.15, 0.2) is 0 Å². The molecule has 34 heavy (non-hydrogen) atoms. The van der Waals surface area contributed by atoms with E-state index in [4.69, 9.17) is 27.9 Å². The fourth-order valence-electron chi connectivity index (χ4n) is 3.69. The smallest absolute Gasteiger partial charge is 0.243 e. The molecule has 8 heteroatoms. The zero-order chi connectivity index (χ0) is 24.2. The molecule has 1 atom stereocenters. The van der Waals surface area contributed by atoms with Gasteiger partial charge in [-0.3, -0.25) is 20.4 Å². The maximum atomic E-state index is 12.6. The second-order valence-corrected chi connectivity index (χ2v) is 9.16. The van der Waals surface area contributed by atoms with E-state index in [1.54, 1.807) is 41.3 Å². The second-order valence-electron chi connectivity index (χ2n) is 8.35. The van der Waals surface area contributed by atoms with Gasteiger partial charge in [0.05, 0.1) is 21.7 Å². The predicted octanol–water partition coefficient (Wildman–Crippen LogP) is 5.69. The Morgan fingerprint density at radius 1 is 1.00 bits per heavy atom. The molecule has 2 amide bonds. The Kier molecular flexibility index (Phi) is 7.29. The van der Waals surface area contributed by atoms with Gasteiger partial charge in [-0.05, 0) is 79.1 Å². The van der Waals surface area contributed by atoms with Crippen LogP contribution in [0.2, 0.25) is 10.0 Å². The highest BCUT2D eigenvalue weighted by molar-refractivity contribution is 6.42. The zero-order valence-corrected chi connectivity index (χ0v) is 20.4. The molecule has 1 heterocycles. The molecule has 0 aliphatic carbocycles. The molecule has 0 unspecified atom stereocenters. The average Bonchev–Trinajstić information content (AvgIpc) is 3.22. The van der Waals surface area contributed by atoms with Gasteiger partial charge < -0.3 is 9.64 Å². The van der Waals surface area contributed by atoms with E-state index in [2.05, 4.69) is 10.9 Å². The number of rotatable bonds is 7. The number of nitrogens with one attached hydrogen (secondary N) is 2. The lowest BCUT2D eigenvalue weighted by atomic mass is 10.1. The topological polar surface area (TPSA) is 70.7 Å². The monoisotopic (exact) mass is 497 g/mol. The summed E-state index contributed by atoms with van der Waals surface area (Å²) in [5, 5.41) is 0.988. The van der Waals surface area contributed by atoms with Crippen LogP contribution in [0.3, 0.4) is 0 Å². The molecular weight excluding hydrogens is 473 g/mol. The molecule has 0 saturated carbocycles. The van der Waals surface area contributed by atoms with Crippen LogP contribution < -0.4 is 20.5 Å². The number of amides is 2. The summed E-state index contributed by atoms with van der Waals surface area (Å²) in [6, 6.07) is 18.4. The Morgan fingerprint density at radius 3 is 2.47 bits per heavy atom. The van der Waals surface area contributed by atoms with Crippen LogP contribution in [0.15, 0.2) is 60.7 Å². The summed E-state index contributed by atoms with van der Waals surface area (Å²) >= 11 is 12.0. The van der Waals surface area contributed by atoms with E-state index >= 15 is 0 Å². The summed E-state index contributed by atoms with van der Waals surface area (Å²) in [5.74, 6) is -0.0182. The van der Waals surface area contributed by atoms with E-state index in [1.165, 1.54) is 5.56 Å². The molecule has 1 saturated heterocycles. The van der Waals surface area contributed by atoms with Crippen molar-refractivity contribution in [2.75, 3.05) is 16.9 Å². The number of halogens is 2. The first-order valence-electron chi connectivity index (χ1n) is 10.9. The van der Waals surface area contributed by atoms with E-state index < -0.39 is 5.92 Å². The van der Waals surface area contributed by atoms with Crippen LogP contribution in [0.25, 0.3) is 0 Å². The highest BCUT2D eigenvalue weighted by atomic mass is 35.5. The molecule has 3 aromatic carbocycles. The van der Waals surface area contributed by atoms with Gasteiger partial charge in [0, 0.05) is 18.7 Å². The summed E-state index contributed by atoms with van der Waals surface area (Å²) in [6.07, 6.45) is 0.182. The fourth-order valence-corrected chi connectivity index (χ4v) is 4.01. The van der Waals surface area contributed by atoms with Crippen LogP contribution in [0, 0.1) is 19.8 Å². The van der Waals surface area contributed by atoms with E-state index in [0.29, 0.717) is 34.6 Å². The standard InChI is InChI=1S/C26H25Cl2N3O3/c1-16-3-7-21(11-17(16)2)31-14-19(13-25(31)32)26(33)30-29-20-5-8-22(9-6-20)34-15-18-4-10-23(27)24(28)12-18/h3-12,19,29H,13-15H2,1-2H3,(H,30,33)/t19-/m1/s1. The Balaban J connectivity index is 1.27. The average molecular weight is 498 g/mol. The van der Waals surface area contributed by atoms with Crippen molar-refractivity contribution < 1.29 is 14.3 Å². The molecule has 0 aromatic heterocycles. The summed E-state index contributed by atoms with van der Waals surface area (Å²) in [6.45, 7) is 4.75. The van der Waals surface area contributed by atoms with Crippen molar-refractivity contribution in [1.29, 1.82) is 0 Å². The minimum Gasteiger partial charge on any atom is -0.489 e. The maximum absolute atomic E-state index is 12.6. The van der Waals surface area contributed by atoms with Gasteiger partial charge in [0.25, 0.3) is 0 Å². The van der Waals surface area contributed by atoms with Crippen molar-refractivity contribution in [3.05, 3.63) is 87.4 Å². The van der Waals surface area contributed by atoms with E-state index in [0.717, 1.165) is 16.8 Å². The number of hydrogen-bond donors (Lipinski definition) is 2. The van der Waals surface area contributed by atoms with Crippen LogP contribution in [-0.4, -0.2) is 18.4 Å². The molecule has 1 fully saturated rings. The fraction of sp³-hybridized carbons (Fsp3) is 0.231. The normalized spacial score (nSPS) is 15.4. The Labute approximate surface area is 208 Å². The van der Waals surface area contributed by atoms with Gasteiger partial charge in [-0.2, -0.15) is 0 Å². The lowest BCUT2D eigenvalue weighted by Gasteiger charge is -2.18. The van der Waals surface area contributed by atoms with Crippen LogP contribution in [0.4, 0.5) is 11.4 Å².